The average molecular weight is 550 g/mol. The number of carbonyl (C=O) groups is 1. The lowest BCUT2D eigenvalue weighted by Gasteiger charge is -2.34. The molecule has 0 unspecified atom stereocenters. The summed E-state index contributed by atoms with van der Waals surface area (Å²) in [5.41, 5.74) is 1.72. The van der Waals surface area contributed by atoms with Crippen LogP contribution in [0, 0.1) is 10.5 Å². The van der Waals surface area contributed by atoms with Crippen LogP contribution in [0.2, 0.25) is 0 Å². The molecule has 0 atom stereocenters. The summed E-state index contributed by atoms with van der Waals surface area (Å²) >= 11 is 2.15. The molecule has 2 aromatic rings. The lowest BCUT2D eigenvalue weighted by atomic mass is 10.2. The predicted octanol–water partition coefficient (Wildman–Crippen LogP) is 2.76. The molecular formula is C20H25ClIN3O3S. The van der Waals surface area contributed by atoms with E-state index in [1.807, 2.05) is 43.3 Å². The summed E-state index contributed by atoms with van der Waals surface area (Å²) in [6.07, 6.45) is 0. The number of halogens is 2. The van der Waals surface area contributed by atoms with E-state index in [1.165, 1.54) is 0 Å². The highest BCUT2D eigenvalue weighted by Gasteiger charge is 2.28. The third kappa shape index (κ3) is 6.14. The van der Waals surface area contributed by atoms with Crippen LogP contribution in [0.15, 0.2) is 53.4 Å². The standard InChI is InChI=1S/C20H24IN3O3S.ClH/c1-16-6-8-17(9-7-16)28(26,27)24-14-12-23(13-15-24)11-10-22-20(25)18-4-2-3-5-19(18)21;/h2-9H,10-15H2,1H3,(H,22,25);1H. The quantitative estimate of drug-likeness (QED) is 0.563. The van der Waals surface area contributed by atoms with E-state index in [-0.39, 0.29) is 18.3 Å². The maximum atomic E-state index is 12.7. The van der Waals surface area contributed by atoms with Gasteiger partial charge in [0.25, 0.3) is 5.91 Å². The van der Waals surface area contributed by atoms with Crippen LogP contribution < -0.4 is 5.32 Å². The molecule has 2 aromatic carbocycles. The Kier molecular flexibility index (Phi) is 8.90. The van der Waals surface area contributed by atoms with Crippen LogP contribution in [-0.4, -0.2) is 62.8 Å². The van der Waals surface area contributed by atoms with E-state index in [2.05, 4.69) is 32.8 Å². The summed E-state index contributed by atoms with van der Waals surface area (Å²) in [6.45, 7) is 5.41. The molecule has 1 aliphatic heterocycles. The normalized spacial score (nSPS) is 15.5. The van der Waals surface area contributed by atoms with Crippen LogP contribution in [-0.2, 0) is 10.0 Å². The Bertz CT molecular complexity index is 930. The summed E-state index contributed by atoms with van der Waals surface area (Å²) < 4.78 is 28.0. The first-order chi connectivity index (χ1) is 13.4. The number of piperazine rings is 1. The summed E-state index contributed by atoms with van der Waals surface area (Å²) in [4.78, 5) is 14.8. The third-order valence-electron chi connectivity index (χ3n) is 4.82. The maximum Gasteiger partial charge on any atom is 0.252 e. The van der Waals surface area contributed by atoms with Crippen molar-refractivity contribution in [2.75, 3.05) is 39.3 Å². The van der Waals surface area contributed by atoms with E-state index >= 15 is 0 Å². The Hall–Kier alpha value is -1.20. The van der Waals surface area contributed by atoms with E-state index in [4.69, 9.17) is 0 Å². The van der Waals surface area contributed by atoms with E-state index in [9.17, 15) is 13.2 Å². The first kappa shape index (κ1) is 24.1. The molecule has 1 fully saturated rings. The van der Waals surface area contributed by atoms with Gasteiger partial charge in [0.05, 0.1) is 10.5 Å². The zero-order valence-corrected chi connectivity index (χ0v) is 20.0. The number of hydrogen-bond acceptors (Lipinski definition) is 4. The summed E-state index contributed by atoms with van der Waals surface area (Å²) in [6, 6.07) is 14.4. The van der Waals surface area contributed by atoms with Crippen molar-refractivity contribution in [3.8, 4) is 0 Å². The number of carbonyl (C=O) groups excluding carboxylic acids is 1. The van der Waals surface area contributed by atoms with Crippen molar-refractivity contribution in [2.24, 2.45) is 0 Å². The molecule has 1 saturated heterocycles. The van der Waals surface area contributed by atoms with Gasteiger partial charge < -0.3 is 5.32 Å². The van der Waals surface area contributed by atoms with Gasteiger partial charge in [0.1, 0.15) is 0 Å². The second-order valence-corrected chi connectivity index (χ2v) is 9.89. The van der Waals surface area contributed by atoms with Crippen molar-refractivity contribution in [1.82, 2.24) is 14.5 Å². The second-order valence-electron chi connectivity index (χ2n) is 6.79. The van der Waals surface area contributed by atoms with Crippen LogP contribution >= 0.6 is 35.0 Å². The molecule has 3 rings (SSSR count). The number of amides is 1. The highest BCUT2D eigenvalue weighted by molar-refractivity contribution is 14.1. The van der Waals surface area contributed by atoms with Crippen LogP contribution in [0.25, 0.3) is 0 Å². The van der Waals surface area contributed by atoms with Crippen LogP contribution in [0.3, 0.4) is 0 Å². The molecule has 1 amide bonds. The van der Waals surface area contributed by atoms with Gasteiger partial charge in [-0.05, 0) is 53.8 Å². The SMILES string of the molecule is Cc1ccc(S(=O)(=O)N2CCN(CCNC(=O)c3ccccc3I)CC2)cc1.Cl. The fraction of sp³-hybridized carbons (Fsp3) is 0.350. The molecule has 0 radical (unpaired) electrons. The van der Waals surface area contributed by atoms with Gasteiger partial charge in [-0.15, -0.1) is 12.4 Å². The van der Waals surface area contributed by atoms with Gasteiger partial charge in [-0.1, -0.05) is 29.8 Å². The second kappa shape index (κ2) is 10.7. The van der Waals surface area contributed by atoms with E-state index in [0.717, 1.165) is 9.13 Å². The van der Waals surface area contributed by atoms with Crippen molar-refractivity contribution in [3.05, 3.63) is 63.2 Å². The molecule has 0 aromatic heterocycles. The highest BCUT2D eigenvalue weighted by Crippen LogP contribution is 2.18. The monoisotopic (exact) mass is 549 g/mol. The van der Waals surface area contributed by atoms with Gasteiger partial charge in [0.15, 0.2) is 0 Å². The van der Waals surface area contributed by atoms with Crippen molar-refractivity contribution in [2.45, 2.75) is 11.8 Å². The summed E-state index contributed by atoms with van der Waals surface area (Å²) in [7, 11) is -3.44. The first-order valence-corrected chi connectivity index (χ1v) is 11.7. The van der Waals surface area contributed by atoms with Crippen LogP contribution in [0.4, 0.5) is 0 Å². The average Bonchev–Trinajstić information content (AvgIpc) is 2.69. The van der Waals surface area contributed by atoms with Crippen LogP contribution in [0.1, 0.15) is 15.9 Å². The van der Waals surface area contributed by atoms with Crippen molar-refractivity contribution < 1.29 is 13.2 Å². The minimum atomic E-state index is -3.44. The fourth-order valence-corrected chi connectivity index (χ4v) is 5.18. The van der Waals surface area contributed by atoms with Crippen molar-refractivity contribution >= 4 is 50.9 Å². The van der Waals surface area contributed by atoms with Gasteiger partial charge in [0, 0.05) is 42.8 Å². The minimum absolute atomic E-state index is 0. The fourth-order valence-electron chi connectivity index (χ4n) is 3.12. The molecule has 0 saturated carbocycles. The molecule has 1 N–H and O–H groups in total. The van der Waals surface area contributed by atoms with Gasteiger partial charge in [0.2, 0.25) is 10.0 Å². The van der Waals surface area contributed by atoms with Crippen molar-refractivity contribution in [1.29, 1.82) is 0 Å². The molecule has 9 heteroatoms. The van der Waals surface area contributed by atoms with Crippen molar-refractivity contribution in [3.63, 3.8) is 0 Å². The van der Waals surface area contributed by atoms with Gasteiger partial charge >= 0.3 is 0 Å². The molecule has 1 heterocycles. The Morgan fingerprint density at radius 1 is 1.03 bits per heavy atom. The van der Waals surface area contributed by atoms with E-state index in [0.29, 0.717) is 49.7 Å². The zero-order valence-electron chi connectivity index (χ0n) is 16.2. The number of hydrogen-bond donors (Lipinski definition) is 1. The first-order valence-electron chi connectivity index (χ1n) is 9.20. The number of rotatable bonds is 6. The highest BCUT2D eigenvalue weighted by atomic mass is 127. The lowest BCUT2D eigenvalue weighted by Crippen LogP contribution is -2.50. The van der Waals surface area contributed by atoms with Crippen LogP contribution in [0.5, 0.6) is 0 Å². The summed E-state index contributed by atoms with van der Waals surface area (Å²) in [5.74, 6) is -0.0782. The molecule has 0 bridgehead atoms. The largest absolute Gasteiger partial charge is 0.351 e. The third-order valence-corrected chi connectivity index (χ3v) is 7.68. The zero-order chi connectivity index (χ0) is 20.1. The Morgan fingerprint density at radius 3 is 2.28 bits per heavy atom. The Morgan fingerprint density at radius 2 is 1.66 bits per heavy atom. The maximum absolute atomic E-state index is 12.7. The van der Waals surface area contributed by atoms with Gasteiger partial charge in [-0.2, -0.15) is 4.31 Å². The van der Waals surface area contributed by atoms with E-state index in [1.54, 1.807) is 16.4 Å². The number of nitrogens with zero attached hydrogens (tertiary/aromatic N) is 2. The molecule has 1 aliphatic rings. The molecule has 158 valence electrons. The van der Waals surface area contributed by atoms with E-state index < -0.39 is 10.0 Å². The topological polar surface area (TPSA) is 69.7 Å². The number of benzene rings is 2. The molecule has 29 heavy (non-hydrogen) atoms. The Labute approximate surface area is 192 Å². The minimum Gasteiger partial charge on any atom is -0.351 e. The Balaban J connectivity index is 0.00000300. The lowest BCUT2D eigenvalue weighted by molar-refractivity contribution is 0.0944. The van der Waals surface area contributed by atoms with Gasteiger partial charge in [-0.25, -0.2) is 8.42 Å². The number of nitrogens with one attached hydrogen (secondary N) is 1. The number of sulfonamides is 1. The smallest absolute Gasteiger partial charge is 0.252 e. The predicted molar refractivity (Wildman–Crippen MR) is 125 cm³/mol. The molecule has 0 aliphatic carbocycles. The molecular weight excluding hydrogens is 525 g/mol. The van der Waals surface area contributed by atoms with Gasteiger partial charge in [-0.3, -0.25) is 9.69 Å². The molecule has 6 nitrogen and oxygen atoms in total. The number of aryl methyl sites for hydroxylation is 1. The molecule has 0 spiro atoms. The summed E-state index contributed by atoms with van der Waals surface area (Å²) in [5, 5.41) is 2.94.